The van der Waals surface area contributed by atoms with Gasteiger partial charge in [-0.2, -0.15) is 5.10 Å². The predicted octanol–water partition coefficient (Wildman–Crippen LogP) is 3.91. The van der Waals surface area contributed by atoms with Crippen molar-refractivity contribution in [1.29, 1.82) is 0 Å². The van der Waals surface area contributed by atoms with Crippen molar-refractivity contribution in [2.24, 2.45) is 0 Å². The molecule has 1 N–H and O–H groups in total. The second-order valence-corrected chi connectivity index (χ2v) is 7.88. The van der Waals surface area contributed by atoms with Crippen LogP contribution in [0.15, 0.2) is 60.8 Å². The first-order chi connectivity index (χ1) is 13.1. The maximum atomic E-state index is 4.32. The van der Waals surface area contributed by atoms with Crippen molar-refractivity contribution >= 4 is 0 Å². The van der Waals surface area contributed by atoms with Gasteiger partial charge in [0.25, 0.3) is 0 Å². The third-order valence-corrected chi connectivity index (χ3v) is 5.71. The highest BCUT2D eigenvalue weighted by Crippen LogP contribution is 2.32. The molecule has 0 aliphatic carbocycles. The number of hydrogen-bond acceptors (Lipinski definition) is 3. The van der Waals surface area contributed by atoms with E-state index in [0.29, 0.717) is 12.0 Å². The fraction of sp³-hybridized carbons (Fsp3) is 0.348. The number of hydrogen-bond donors (Lipinski definition) is 1. The number of H-pyrrole nitrogens is 1. The molecule has 2 aromatic carbocycles. The first kappa shape index (κ1) is 18.0. The van der Waals surface area contributed by atoms with E-state index in [1.807, 2.05) is 12.3 Å². The average molecular weight is 361 g/mol. The van der Waals surface area contributed by atoms with Crippen LogP contribution >= 0.6 is 0 Å². The number of benzene rings is 2. The average Bonchev–Trinajstić information content (AvgIpc) is 3.31. The van der Waals surface area contributed by atoms with Gasteiger partial charge in [-0.05, 0) is 32.1 Å². The Balaban J connectivity index is 1.54. The molecule has 27 heavy (non-hydrogen) atoms. The first-order valence-corrected chi connectivity index (χ1v) is 9.65. The Kier molecular flexibility index (Phi) is 5.10. The fourth-order valence-electron chi connectivity index (χ4n) is 4.19. The predicted molar refractivity (Wildman–Crippen MR) is 111 cm³/mol. The molecule has 4 rings (SSSR count). The molecule has 0 spiro atoms. The largest absolute Gasteiger partial charge is 0.305 e. The standard InChI is InChI=1S/C23H28N4/c1-17-9-11-18(12-10-17)21-15-27(16-22(21)26(2)3)14-20-13-24-25-23(20)19-7-5-4-6-8-19/h4-13,21-22H,14-16H2,1-3H3,(H,24,25)/t21-,22+/m0/s1. The molecule has 0 amide bonds. The summed E-state index contributed by atoms with van der Waals surface area (Å²) < 4.78 is 0. The molecule has 1 aliphatic heterocycles. The molecule has 1 aromatic heterocycles. The third kappa shape index (κ3) is 3.82. The van der Waals surface area contributed by atoms with Crippen molar-refractivity contribution in [3.05, 3.63) is 77.5 Å². The molecular formula is C23H28N4. The number of aryl methyl sites for hydroxylation is 1. The minimum Gasteiger partial charge on any atom is -0.305 e. The number of likely N-dealkylation sites (tertiary alicyclic amines) is 1. The van der Waals surface area contributed by atoms with Gasteiger partial charge in [-0.15, -0.1) is 0 Å². The van der Waals surface area contributed by atoms with Gasteiger partial charge in [0.05, 0.1) is 11.9 Å². The molecule has 2 heterocycles. The Bertz CT molecular complexity index is 867. The van der Waals surface area contributed by atoms with E-state index in [2.05, 4.69) is 89.5 Å². The summed E-state index contributed by atoms with van der Waals surface area (Å²) in [5.41, 5.74) is 6.36. The summed E-state index contributed by atoms with van der Waals surface area (Å²) in [6.45, 7) is 5.22. The first-order valence-electron chi connectivity index (χ1n) is 9.65. The zero-order valence-corrected chi connectivity index (χ0v) is 16.4. The van der Waals surface area contributed by atoms with E-state index in [-0.39, 0.29) is 0 Å². The van der Waals surface area contributed by atoms with E-state index >= 15 is 0 Å². The number of aromatic nitrogens is 2. The Morgan fingerprint density at radius 3 is 2.48 bits per heavy atom. The van der Waals surface area contributed by atoms with Crippen LogP contribution in [0.2, 0.25) is 0 Å². The summed E-state index contributed by atoms with van der Waals surface area (Å²) in [7, 11) is 4.39. The molecule has 1 aliphatic rings. The van der Waals surface area contributed by atoms with Crippen LogP contribution in [0, 0.1) is 6.92 Å². The van der Waals surface area contributed by atoms with Crippen molar-refractivity contribution in [1.82, 2.24) is 20.0 Å². The monoisotopic (exact) mass is 360 g/mol. The Labute approximate surface area is 161 Å². The minimum absolute atomic E-state index is 0.528. The zero-order chi connectivity index (χ0) is 18.8. The second kappa shape index (κ2) is 7.67. The number of rotatable bonds is 5. The summed E-state index contributed by atoms with van der Waals surface area (Å²) in [6, 6.07) is 20.1. The van der Waals surface area contributed by atoms with E-state index in [1.54, 1.807) is 0 Å². The lowest BCUT2D eigenvalue weighted by Gasteiger charge is -2.25. The summed E-state index contributed by atoms with van der Waals surface area (Å²) >= 11 is 0. The highest BCUT2D eigenvalue weighted by molar-refractivity contribution is 5.62. The van der Waals surface area contributed by atoms with Crippen molar-refractivity contribution in [2.45, 2.75) is 25.4 Å². The van der Waals surface area contributed by atoms with Gasteiger partial charge in [0, 0.05) is 37.2 Å². The topological polar surface area (TPSA) is 35.2 Å². The molecule has 1 saturated heterocycles. The lowest BCUT2D eigenvalue weighted by Crippen LogP contribution is -2.34. The van der Waals surface area contributed by atoms with E-state index in [4.69, 9.17) is 0 Å². The highest BCUT2D eigenvalue weighted by atomic mass is 15.2. The van der Waals surface area contributed by atoms with Crippen LogP contribution in [-0.2, 0) is 6.54 Å². The molecule has 0 radical (unpaired) electrons. The molecule has 3 aromatic rings. The van der Waals surface area contributed by atoms with Crippen molar-refractivity contribution in [3.8, 4) is 11.3 Å². The van der Waals surface area contributed by atoms with Gasteiger partial charge < -0.3 is 4.90 Å². The van der Waals surface area contributed by atoms with Gasteiger partial charge >= 0.3 is 0 Å². The van der Waals surface area contributed by atoms with Gasteiger partial charge in [-0.25, -0.2) is 0 Å². The maximum Gasteiger partial charge on any atom is 0.0695 e. The van der Waals surface area contributed by atoms with E-state index < -0.39 is 0 Å². The number of likely N-dealkylation sites (N-methyl/N-ethyl adjacent to an activating group) is 1. The number of nitrogens with one attached hydrogen (secondary N) is 1. The van der Waals surface area contributed by atoms with Crippen LogP contribution in [0.4, 0.5) is 0 Å². The second-order valence-electron chi connectivity index (χ2n) is 7.88. The molecule has 2 atom stereocenters. The normalized spacial score (nSPS) is 20.4. The summed E-state index contributed by atoms with van der Waals surface area (Å²) in [6.07, 6.45) is 1.98. The van der Waals surface area contributed by atoms with Crippen LogP contribution in [0.5, 0.6) is 0 Å². The number of nitrogens with zero attached hydrogens (tertiary/aromatic N) is 3. The van der Waals surface area contributed by atoms with Crippen LogP contribution in [-0.4, -0.2) is 53.2 Å². The zero-order valence-electron chi connectivity index (χ0n) is 16.4. The van der Waals surface area contributed by atoms with Gasteiger partial charge in [0.1, 0.15) is 0 Å². The SMILES string of the molecule is Cc1ccc([C@@H]2CN(Cc3cn[nH]c3-c3ccccc3)C[C@H]2N(C)C)cc1. The number of aromatic amines is 1. The van der Waals surface area contributed by atoms with E-state index in [0.717, 1.165) is 25.3 Å². The quantitative estimate of drug-likeness (QED) is 0.749. The smallest absolute Gasteiger partial charge is 0.0695 e. The lowest BCUT2D eigenvalue weighted by atomic mass is 9.93. The van der Waals surface area contributed by atoms with E-state index in [9.17, 15) is 0 Å². The van der Waals surface area contributed by atoms with Crippen LogP contribution in [0.1, 0.15) is 22.6 Å². The van der Waals surface area contributed by atoms with Gasteiger partial charge in [-0.3, -0.25) is 10.00 Å². The van der Waals surface area contributed by atoms with Crippen molar-refractivity contribution in [3.63, 3.8) is 0 Å². The molecular weight excluding hydrogens is 332 g/mol. The summed E-state index contributed by atoms with van der Waals surface area (Å²) in [5.74, 6) is 0.535. The minimum atomic E-state index is 0.528. The molecule has 1 fully saturated rings. The molecule has 0 unspecified atom stereocenters. The molecule has 4 heteroatoms. The third-order valence-electron chi connectivity index (χ3n) is 5.71. The lowest BCUT2D eigenvalue weighted by molar-refractivity contribution is 0.260. The maximum absolute atomic E-state index is 4.32. The van der Waals surface area contributed by atoms with Crippen LogP contribution < -0.4 is 0 Å². The van der Waals surface area contributed by atoms with Gasteiger partial charge in [0.15, 0.2) is 0 Å². The fourth-order valence-corrected chi connectivity index (χ4v) is 4.19. The molecule has 0 saturated carbocycles. The Hall–Kier alpha value is -2.43. The van der Waals surface area contributed by atoms with Gasteiger partial charge in [0.2, 0.25) is 0 Å². The summed E-state index contributed by atoms with van der Waals surface area (Å²) in [5, 5.41) is 7.51. The highest BCUT2D eigenvalue weighted by Gasteiger charge is 2.35. The van der Waals surface area contributed by atoms with Crippen molar-refractivity contribution in [2.75, 3.05) is 27.2 Å². The van der Waals surface area contributed by atoms with Crippen LogP contribution in [0.25, 0.3) is 11.3 Å². The van der Waals surface area contributed by atoms with E-state index in [1.165, 1.54) is 22.3 Å². The molecule has 0 bridgehead atoms. The molecule has 4 nitrogen and oxygen atoms in total. The Morgan fingerprint density at radius 1 is 1.04 bits per heavy atom. The van der Waals surface area contributed by atoms with Crippen LogP contribution in [0.3, 0.4) is 0 Å². The Morgan fingerprint density at radius 2 is 1.78 bits per heavy atom. The summed E-state index contributed by atoms with van der Waals surface area (Å²) in [4.78, 5) is 4.94. The molecule has 140 valence electrons. The van der Waals surface area contributed by atoms with Crippen molar-refractivity contribution < 1.29 is 0 Å². The van der Waals surface area contributed by atoms with Gasteiger partial charge in [-0.1, -0.05) is 60.2 Å².